The van der Waals surface area contributed by atoms with E-state index in [0.717, 1.165) is 0 Å². The molecule has 1 heterocycles. The van der Waals surface area contributed by atoms with Crippen molar-refractivity contribution in [3.8, 4) is 0 Å². The minimum absolute atomic E-state index is 0.304. The third-order valence-electron chi connectivity index (χ3n) is 4.29. The van der Waals surface area contributed by atoms with Crippen LogP contribution in [0, 0.1) is 11.8 Å². The molecular weight excluding hydrogens is 212 g/mol. The van der Waals surface area contributed by atoms with Crippen molar-refractivity contribution in [3.63, 3.8) is 0 Å². The van der Waals surface area contributed by atoms with Crippen LogP contribution >= 0.6 is 0 Å². The van der Waals surface area contributed by atoms with Gasteiger partial charge in [-0.3, -0.25) is 4.90 Å². The number of hydrogen-bond donors (Lipinski definition) is 0. The summed E-state index contributed by atoms with van der Waals surface area (Å²) < 4.78 is 2.73. The van der Waals surface area contributed by atoms with Gasteiger partial charge in [0.25, 0.3) is 0 Å². The molecule has 0 atom stereocenters. The SMILES string of the molecule is CC(C)N1CCCN([SiH3])C1(C(C)C)C(C)C. The Morgan fingerprint density at radius 1 is 0.938 bits per heavy atom. The lowest BCUT2D eigenvalue weighted by Crippen LogP contribution is -2.70. The van der Waals surface area contributed by atoms with E-state index in [9.17, 15) is 0 Å². The summed E-state index contributed by atoms with van der Waals surface area (Å²) >= 11 is 0. The Kier molecular flexibility index (Phi) is 4.61. The Morgan fingerprint density at radius 2 is 1.44 bits per heavy atom. The van der Waals surface area contributed by atoms with Gasteiger partial charge < -0.3 is 4.57 Å². The second-order valence-electron chi connectivity index (χ2n) is 6.15. The minimum atomic E-state index is 0.304. The first-order chi connectivity index (χ1) is 7.35. The van der Waals surface area contributed by atoms with Crippen LogP contribution in [0.1, 0.15) is 48.0 Å². The van der Waals surface area contributed by atoms with Crippen LogP contribution in [0.3, 0.4) is 0 Å². The number of hydrogen-bond acceptors (Lipinski definition) is 2. The number of nitrogens with zero attached hydrogens (tertiary/aromatic N) is 2. The van der Waals surface area contributed by atoms with Crippen LogP contribution in [0.4, 0.5) is 0 Å². The highest BCUT2D eigenvalue weighted by Gasteiger charge is 2.48. The Balaban J connectivity index is 3.14. The monoisotopic (exact) mass is 242 g/mol. The van der Waals surface area contributed by atoms with Crippen LogP contribution in [-0.4, -0.2) is 44.7 Å². The fourth-order valence-corrected chi connectivity index (χ4v) is 5.54. The maximum Gasteiger partial charge on any atom is 0.0807 e. The van der Waals surface area contributed by atoms with E-state index < -0.39 is 0 Å². The van der Waals surface area contributed by atoms with E-state index >= 15 is 0 Å². The Morgan fingerprint density at radius 3 is 1.75 bits per heavy atom. The topological polar surface area (TPSA) is 6.48 Å². The maximum absolute atomic E-state index is 2.75. The van der Waals surface area contributed by atoms with Gasteiger partial charge in [-0.15, -0.1) is 0 Å². The second-order valence-corrected chi connectivity index (χ2v) is 7.23. The van der Waals surface area contributed by atoms with Crippen LogP contribution in [-0.2, 0) is 0 Å². The fraction of sp³-hybridized carbons (Fsp3) is 1.00. The Hall–Kier alpha value is 0.137. The van der Waals surface area contributed by atoms with Crippen molar-refractivity contribution < 1.29 is 0 Å². The molecule has 0 saturated carbocycles. The van der Waals surface area contributed by atoms with Crippen molar-refractivity contribution in [2.45, 2.75) is 59.7 Å². The van der Waals surface area contributed by atoms with Gasteiger partial charge in [-0.25, -0.2) is 0 Å². The molecule has 2 nitrogen and oxygen atoms in total. The quantitative estimate of drug-likeness (QED) is 0.695. The highest BCUT2D eigenvalue weighted by atomic mass is 28.2. The standard InChI is InChI=1S/C13H30N2Si/c1-10(2)13(11(3)4)14(12(5)6)8-7-9-15(13)16/h10-12H,7-9H2,1-6,16H3. The molecule has 96 valence electrons. The molecule has 1 saturated heterocycles. The molecule has 0 unspecified atom stereocenters. The molecule has 1 fully saturated rings. The van der Waals surface area contributed by atoms with Gasteiger partial charge in [0, 0.05) is 12.6 Å². The normalized spacial score (nSPS) is 23.8. The van der Waals surface area contributed by atoms with Crippen LogP contribution in [0.15, 0.2) is 0 Å². The first-order valence-electron chi connectivity index (χ1n) is 6.83. The van der Waals surface area contributed by atoms with E-state index in [2.05, 4.69) is 51.0 Å². The molecular formula is C13H30N2Si. The molecule has 0 spiro atoms. The fourth-order valence-electron chi connectivity index (χ4n) is 3.94. The van der Waals surface area contributed by atoms with Gasteiger partial charge in [0.1, 0.15) is 0 Å². The van der Waals surface area contributed by atoms with E-state index in [1.54, 1.807) is 0 Å². The molecule has 0 aliphatic carbocycles. The Bertz CT molecular complexity index is 218. The summed E-state index contributed by atoms with van der Waals surface area (Å²) in [4.78, 5) is 2.75. The van der Waals surface area contributed by atoms with E-state index in [1.165, 1.54) is 29.9 Å². The summed E-state index contributed by atoms with van der Waals surface area (Å²) in [5.41, 5.74) is 0.304. The molecule has 16 heavy (non-hydrogen) atoms. The molecule has 0 radical (unpaired) electrons. The van der Waals surface area contributed by atoms with Crippen LogP contribution < -0.4 is 0 Å². The third-order valence-corrected chi connectivity index (χ3v) is 5.45. The third kappa shape index (κ3) is 2.09. The van der Waals surface area contributed by atoms with Gasteiger partial charge in [0.15, 0.2) is 0 Å². The van der Waals surface area contributed by atoms with Crippen molar-refractivity contribution in [3.05, 3.63) is 0 Å². The molecule has 0 bridgehead atoms. The first kappa shape index (κ1) is 14.2. The lowest BCUT2D eigenvalue weighted by Gasteiger charge is -2.60. The van der Waals surface area contributed by atoms with Crippen molar-refractivity contribution in [2.24, 2.45) is 11.8 Å². The van der Waals surface area contributed by atoms with Gasteiger partial charge in [-0.1, -0.05) is 27.7 Å². The summed E-state index contributed by atoms with van der Waals surface area (Å²) in [7, 11) is 1.18. The van der Waals surface area contributed by atoms with E-state index in [0.29, 0.717) is 23.5 Å². The molecule has 0 N–H and O–H groups in total. The minimum Gasteiger partial charge on any atom is -0.315 e. The molecule has 1 aliphatic heterocycles. The summed E-state index contributed by atoms with van der Waals surface area (Å²) in [5.74, 6) is 1.40. The highest BCUT2D eigenvalue weighted by Crippen LogP contribution is 2.39. The Labute approximate surface area is 105 Å². The number of rotatable bonds is 3. The van der Waals surface area contributed by atoms with E-state index in [4.69, 9.17) is 0 Å². The molecule has 0 aromatic carbocycles. The van der Waals surface area contributed by atoms with Crippen molar-refractivity contribution in [2.75, 3.05) is 13.1 Å². The molecule has 0 amide bonds. The zero-order chi connectivity index (χ0) is 12.5. The van der Waals surface area contributed by atoms with Crippen molar-refractivity contribution >= 4 is 10.4 Å². The maximum atomic E-state index is 2.75. The van der Waals surface area contributed by atoms with Crippen LogP contribution in [0.25, 0.3) is 0 Å². The first-order valence-corrected chi connectivity index (χ1v) is 7.72. The summed E-state index contributed by atoms with van der Waals surface area (Å²) in [6.07, 6.45) is 1.34. The zero-order valence-electron chi connectivity index (χ0n) is 12.2. The van der Waals surface area contributed by atoms with Gasteiger partial charge >= 0.3 is 0 Å². The van der Waals surface area contributed by atoms with Crippen LogP contribution in [0.5, 0.6) is 0 Å². The van der Waals surface area contributed by atoms with Gasteiger partial charge in [0.05, 0.1) is 16.1 Å². The van der Waals surface area contributed by atoms with Crippen molar-refractivity contribution in [1.29, 1.82) is 0 Å². The molecule has 3 heteroatoms. The highest BCUT2D eigenvalue weighted by molar-refractivity contribution is 6.05. The summed E-state index contributed by atoms with van der Waals surface area (Å²) in [6, 6.07) is 0.654. The second kappa shape index (κ2) is 5.19. The van der Waals surface area contributed by atoms with E-state index in [1.807, 2.05) is 0 Å². The summed E-state index contributed by atoms with van der Waals surface area (Å²) in [6.45, 7) is 16.8. The largest absolute Gasteiger partial charge is 0.315 e. The lowest BCUT2D eigenvalue weighted by atomic mass is 9.81. The average molecular weight is 242 g/mol. The molecule has 0 aromatic heterocycles. The smallest absolute Gasteiger partial charge is 0.0807 e. The van der Waals surface area contributed by atoms with Gasteiger partial charge in [-0.05, 0) is 38.6 Å². The van der Waals surface area contributed by atoms with Gasteiger partial charge in [0.2, 0.25) is 0 Å². The zero-order valence-corrected chi connectivity index (χ0v) is 14.2. The average Bonchev–Trinajstić information content (AvgIpc) is 2.15. The predicted molar refractivity (Wildman–Crippen MR) is 75.5 cm³/mol. The van der Waals surface area contributed by atoms with Crippen LogP contribution in [0.2, 0.25) is 0 Å². The van der Waals surface area contributed by atoms with Gasteiger partial charge in [-0.2, -0.15) is 0 Å². The molecule has 0 aromatic rings. The van der Waals surface area contributed by atoms with E-state index in [-0.39, 0.29) is 0 Å². The predicted octanol–water partition coefficient (Wildman–Crippen LogP) is 1.69. The lowest BCUT2D eigenvalue weighted by molar-refractivity contribution is -0.123. The van der Waals surface area contributed by atoms with Crippen molar-refractivity contribution in [1.82, 2.24) is 9.47 Å². The summed E-state index contributed by atoms with van der Waals surface area (Å²) in [5, 5.41) is 0. The molecule has 1 rings (SSSR count). The molecule has 1 aliphatic rings.